The van der Waals surface area contributed by atoms with Crippen molar-refractivity contribution < 1.29 is 24.2 Å². The second kappa shape index (κ2) is 5.48. The molecule has 1 fully saturated rings. The molecule has 0 bridgehead atoms. The Morgan fingerprint density at radius 3 is 2.83 bits per heavy atom. The number of carboxylic acid groups (broad SMARTS) is 1. The van der Waals surface area contributed by atoms with Crippen molar-refractivity contribution in [1.29, 1.82) is 0 Å². The topological polar surface area (TPSA) is 97.8 Å². The van der Waals surface area contributed by atoms with Crippen LogP contribution in [0, 0.1) is 18.8 Å². The summed E-state index contributed by atoms with van der Waals surface area (Å²) < 4.78 is 10.7. The number of aromatic nitrogens is 1. The first-order chi connectivity index (χ1) is 11.5. The van der Waals surface area contributed by atoms with E-state index in [0.29, 0.717) is 23.1 Å². The fourth-order valence-electron chi connectivity index (χ4n) is 2.72. The van der Waals surface area contributed by atoms with Crippen molar-refractivity contribution in [3.63, 3.8) is 0 Å². The maximum Gasteiger partial charge on any atom is 0.307 e. The maximum atomic E-state index is 12.1. The van der Waals surface area contributed by atoms with Gasteiger partial charge in [0.1, 0.15) is 0 Å². The minimum Gasteiger partial charge on any atom is -0.481 e. The van der Waals surface area contributed by atoms with E-state index >= 15 is 0 Å². The van der Waals surface area contributed by atoms with Crippen molar-refractivity contribution in [2.24, 2.45) is 11.8 Å². The number of nitrogens with zero attached hydrogens (tertiary/aromatic N) is 1. The molecule has 1 aromatic heterocycles. The molecule has 2 aliphatic rings. The van der Waals surface area contributed by atoms with Crippen molar-refractivity contribution in [1.82, 2.24) is 4.98 Å². The van der Waals surface area contributed by atoms with E-state index in [9.17, 15) is 9.59 Å². The first-order valence-electron chi connectivity index (χ1n) is 7.44. The van der Waals surface area contributed by atoms with Gasteiger partial charge < -0.3 is 19.9 Å². The lowest BCUT2D eigenvalue weighted by atomic mass is 10.1. The molecule has 0 spiro atoms. The molecule has 1 aromatic carbocycles. The van der Waals surface area contributed by atoms with Gasteiger partial charge in [-0.05, 0) is 31.5 Å². The Hall–Kier alpha value is -2.61. The van der Waals surface area contributed by atoms with Crippen molar-refractivity contribution in [2.75, 3.05) is 12.1 Å². The summed E-state index contributed by atoms with van der Waals surface area (Å²) in [6.45, 7) is 2.13. The van der Waals surface area contributed by atoms with Gasteiger partial charge in [-0.2, -0.15) is 0 Å². The number of fused-ring (bicyclic) bond motifs is 1. The fourth-order valence-corrected chi connectivity index (χ4v) is 3.56. The van der Waals surface area contributed by atoms with Gasteiger partial charge in [0.15, 0.2) is 16.6 Å². The first kappa shape index (κ1) is 14.9. The number of carbonyl (C=O) groups is 2. The number of amides is 1. The van der Waals surface area contributed by atoms with E-state index in [1.807, 2.05) is 25.1 Å². The van der Waals surface area contributed by atoms with Gasteiger partial charge in [0.25, 0.3) is 0 Å². The molecule has 2 heterocycles. The summed E-state index contributed by atoms with van der Waals surface area (Å²) in [7, 11) is 0. The van der Waals surface area contributed by atoms with Crippen LogP contribution in [0.4, 0.5) is 5.13 Å². The van der Waals surface area contributed by atoms with E-state index in [4.69, 9.17) is 14.6 Å². The summed E-state index contributed by atoms with van der Waals surface area (Å²) in [6.07, 6.45) is 0.389. The molecule has 2 N–H and O–H groups in total. The Morgan fingerprint density at radius 1 is 1.29 bits per heavy atom. The van der Waals surface area contributed by atoms with Gasteiger partial charge >= 0.3 is 5.97 Å². The fraction of sp³-hybridized carbons (Fsp3) is 0.312. The zero-order valence-electron chi connectivity index (χ0n) is 12.7. The van der Waals surface area contributed by atoms with E-state index in [1.54, 1.807) is 0 Å². The smallest absolute Gasteiger partial charge is 0.307 e. The molecule has 1 amide bonds. The Morgan fingerprint density at radius 2 is 2.08 bits per heavy atom. The molecule has 124 valence electrons. The lowest BCUT2D eigenvalue weighted by Gasteiger charge is -2.01. The number of rotatable bonds is 4. The summed E-state index contributed by atoms with van der Waals surface area (Å²) >= 11 is 1.36. The third-order valence-corrected chi connectivity index (χ3v) is 5.00. The number of hydrogen-bond donors (Lipinski definition) is 2. The van der Waals surface area contributed by atoms with Crippen LogP contribution in [-0.4, -0.2) is 28.8 Å². The molecular weight excluding hydrogens is 332 g/mol. The Balaban J connectivity index is 1.53. The lowest BCUT2D eigenvalue weighted by molar-refractivity contribution is -0.139. The Kier molecular flexibility index (Phi) is 3.42. The largest absolute Gasteiger partial charge is 0.481 e. The zero-order chi connectivity index (χ0) is 16.8. The molecule has 2 atom stereocenters. The number of carboxylic acids is 1. The number of ether oxygens (including phenoxy) is 2. The van der Waals surface area contributed by atoms with Crippen LogP contribution in [-0.2, 0) is 9.59 Å². The van der Waals surface area contributed by atoms with Gasteiger partial charge in [-0.3, -0.25) is 9.59 Å². The molecule has 0 radical (unpaired) electrons. The second-order valence-electron chi connectivity index (χ2n) is 5.77. The zero-order valence-corrected chi connectivity index (χ0v) is 13.6. The maximum absolute atomic E-state index is 12.1. The van der Waals surface area contributed by atoms with Crippen LogP contribution in [0.1, 0.15) is 11.3 Å². The van der Waals surface area contributed by atoms with Crippen LogP contribution < -0.4 is 14.8 Å². The van der Waals surface area contributed by atoms with Crippen molar-refractivity contribution in [3.05, 3.63) is 23.1 Å². The number of aliphatic carboxylic acids is 1. The minimum atomic E-state index is -0.925. The predicted octanol–water partition coefficient (Wildman–Crippen LogP) is 2.51. The highest BCUT2D eigenvalue weighted by Gasteiger charge is 2.48. The van der Waals surface area contributed by atoms with Crippen molar-refractivity contribution in [2.45, 2.75) is 13.3 Å². The molecule has 1 aliphatic carbocycles. The van der Waals surface area contributed by atoms with Gasteiger partial charge in [-0.1, -0.05) is 0 Å². The average molecular weight is 346 g/mol. The van der Waals surface area contributed by atoms with Crippen LogP contribution in [0.25, 0.3) is 11.3 Å². The van der Waals surface area contributed by atoms with Gasteiger partial charge in [0.2, 0.25) is 12.7 Å². The lowest BCUT2D eigenvalue weighted by Crippen LogP contribution is -2.16. The molecule has 0 unspecified atom stereocenters. The van der Waals surface area contributed by atoms with Gasteiger partial charge in [0, 0.05) is 10.4 Å². The summed E-state index contributed by atoms with van der Waals surface area (Å²) in [5, 5.41) is 12.1. The second-order valence-corrected chi connectivity index (χ2v) is 6.97. The number of aryl methyl sites for hydroxylation is 1. The van der Waals surface area contributed by atoms with Gasteiger partial charge in [-0.25, -0.2) is 4.98 Å². The van der Waals surface area contributed by atoms with E-state index in [1.165, 1.54) is 11.3 Å². The molecule has 0 saturated heterocycles. The van der Waals surface area contributed by atoms with Crippen molar-refractivity contribution in [3.8, 4) is 22.8 Å². The highest BCUT2D eigenvalue weighted by molar-refractivity contribution is 7.16. The molecule has 7 nitrogen and oxygen atoms in total. The van der Waals surface area contributed by atoms with E-state index in [-0.39, 0.29) is 12.7 Å². The van der Waals surface area contributed by atoms with Gasteiger partial charge in [-0.15, -0.1) is 11.3 Å². The summed E-state index contributed by atoms with van der Waals surface area (Å²) in [5.41, 5.74) is 1.64. The van der Waals surface area contributed by atoms with Crippen molar-refractivity contribution >= 4 is 28.3 Å². The normalized spacial score (nSPS) is 20.7. The van der Waals surface area contributed by atoms with E-state index < -0.39 is 17.8 Å². The molecule has 2 aromatic rings. The molecule has 8 heteroatoms. The summed E-state index contributed by atoms with van der Waals surface area (Å²) in [4.78, 5) is 28.3. The molecular formula is C16H14N2O5S. The third-order valence-electron chi connectivity index (χ3n) is 4.12. The van der Waals surface area contributed by atoms with Crippen LogP contribution >= 0.6 is 11.3 Å². The molecule has 1 saturated carbocycles. The minimum absolute atomic E-state index is 0.211. The Bertz CT molecular complexity index is 847. The highest BCUT2D eigenvalue weighted by atomic mass is 32.1. The average Bonchev–Trinajstić information content (AvgIpc) is 3.09. The number of hydrogen-bond acceptors (Lipinski definition) is 6. The first-order valence-corrected chi connectivity index (χ1v) is 8.25. The number of anilines is 1. The number of benzene rings is 1. The van der Waals surface area contributed by atoms with Crippen LogP contribution in [0.15, 0.2) is 18.2 Å². The quantitative estimate of drug-likeness (QED) is 0.883. The van der Waals surface area contributed by atoms with Crippen LogP contribution in [0.5, 0.6) is 11.5 Å². The summed E-state index contributed by atoms with van der Waals surface area (Å²) in [6, 6.07) is 5.58. The number of thiazole rings is 1. The molecule has 24 heavy (non-hydrogen) atoms. The van der Waals surface area contributed by atoms with Gasteiger partial charge in [0.05, 0.1) is 17.5 Å². The highest BCUT2D eigenvalue weighted by Crippen LogP contribution is 2.41. The Labute approximate surface area is 141 Å². The van der Waals surface area contributed by atoms with E-state index in [0.717, 1.165) is 16.1 Å². The standard InChI is InChI=1S/C16H14N2O5S/c1-7-13(8-2-3-11-12(4-8)23-6-22-11)17-16(24-7)18-14(19)9-5-10(9)15(20)21/h2-4,9-10H,5-6H2,1H3,(H,20,21)(H,17,18,19)/t9-,10-/m1/s1. The van der Waals surface area contributed by atoms with E-state index in [2.05, 4.69) is 10.3 Å². The van der Waals surface area contributed by atoms with Crippen LogP contribution in [0.3, 0.4) is 0 Å². The third kappa shape index (κ3) is 2.58. The SMILES string of the molecule is Cc1sc(NC(=O)[C@@H]2C[C@H]2C(=O)O)nc1-c1ccc2c(c1)OCO2. The molecule has 1 aliphatic heterocycles. The number of nitrogens with one attached hydrogen (secondary N) is 1. The molecule has 4 rings (SSSR count). The predicted molar refractivity (Wildman–Crippen MR) is 86.3 cm³/mol. The summed E-state index contributed by atoms with van der Waals surface area (Å²) in [5.74, 6) is -0.860. The monoisotopic (exact) mass is 346 g/mol. The number of carbonyl (C=O) groups excluding carboxylic acids is 1. The van der Waals surface area contributed by atoms with Crippen LogP contribution in [0.2, 0.25) is 0 Å².